The number of carbonyl (C=O) groups is 1. The Kier molecular flexibility index (Phi) is 5.81. The van der Waals surface area contributed by atoms with E-state index in [1.54, 1.807) is 7.11 Å². The Morgan fingerprint density at radius 3 is 2.43 bits per heavy atom. The van der Waals surface area contributed by atoms with E-state index >= 15 is 0 Å². The van der Waals surface area contributed by atoms with Crippen LogP contribution in [0, 0.1) is 0 Å². The molecule has 2 atom stereocenters. The Morgan fingerprint density at radius 1 is 1.04 bits per heavy atom. The lowest BCUT2D eigenvalue weighted by Gasteiger charge is -2.49. The van der Waals surface area contributed by atoms with Crippen LogP contribution in [-0.2, 0) is 6.54 Å². The third-order valence-electron chi connectivity index (χ3n) is 6.02. The van der Waals surface area contributed by atoms with Crippen molar-refractivity contribution in [3.05, 3.63) is 60.2 Å². The van der Waals surface area contributed by atoms with Crippen molar-refractivity contribution < 1.29 is 9.53 Å². The number of nitrogens with zero attached hydrogens (tertiary/aromatic N) is 1. The quantitative estimate of drug-likeness (QED) is 0.809. The van der Waals surface area contributed by atoms with Gasteiger partial charge >= 0.3 is 6.03 Å². The van der Waals surface area contributed by atoms with Crippen molar-refractivity contribution in [1.29, 1.82) is 0 Å². The van der Waals surface area contributed by atoms with Gasteiger partial charge in [0.2, 0.25) is 0 Å². The number of hydrogen-bond donors (Lipinski definition) is 2. The Balaban J connectivity index is 1.37. The summed E-state index contributed by atoms with van der Waals surface area (Å²) in [4.78, 5) is 15.2. The summed E-state index contributed by atoms with van der Waals surface area (Å²) in [6, 6.07) is 19.4. The second-order valence-electron chi connectivity index (χ2n) is 7.86. The molecule has 2 aromatic rings. The molecular weight excluding hydrogens is 350 g/mol. The fourth-order valence-corrected chi connectivity index (χ4v) is 4.74. The number of nitrogens with one attached hydrogen (secondary N) is 2. The predicted octanol–water partition coefficient (Wildman–Crippen LogP) is 4.40. The number of urea groups is 1. The number of anilines is 1. The molecule has 0 aliphatic carbocycles. The number of para-hydroxylation sites is 2. The first-order valence-corrected chi connectivity index (χ1v) is 10.2. The molecule has 148 valence electrons. The van der Waals surface area contributed by atoms with Crippen LogP contribution in [-0.4, -0.2) is 36.2 Å². The lowest BCUT2D eigenvalue weighted by Crippen LogP contribution is -2.56. The molecular formula is C23H29N3O2. The van der Waals surface area contributed by atoms with Crippen molar-refractivity contribution in [3.8, 4) is 5.75 Å². The molecule has 2 amide bonds. The average molecular weight is 380 g/mol. The zero-order valence-corrected chi connectivity index (χ0v) is 16.4. The second-order valence-corrected chi connectivity index (χ2v) is 7.86. The van der Waals surface area contributed by atoms with E-state index in [0.29, 0.717) is 23.5 Å². The third kappa shape index (κ3) is 4.30. The van der Waals surface area contributed by atoms with Crippen LogP contribution in [0.2, 0.25) is 0 Å². The minimum Gasteiger partial charge on any atom is -0.495 e. The van der Waals surface area contributed by atoms with Crippen LogP contribution in [0.4, 0.5) is 10.5 Å². The molecule has 2 aromatic carbocycles. The topological polar surface area (TPSA) is 53.6 Å². The molecule has 2 unspecified atom stereocenters. The number of fused-ring (bicyclic) bond motifs is 2. The summed E-state index contributed by atoms with van der Waals surface area (Å²) in [5, 5.41) is 6.14. The van der Waals surface area contributed by atoms with Crippen molar-refractivity contribution in [2.24, 2.45) is 0 Å². The van der Waals surface area contributed by atoms with Crippen LogP contribution in [0.25, 0.3) is 0 Å². The van der Waals surface area contributed by atoms with Crippen molar-refractivity contribution in [2.75, 3.05) is 12.4 Å². The molecule has 5 heteroatoms. The molecule has 2 N–H and O–H groups in total. The average Bonchev–Trinajstić information content (AvgIpc) is 2.70. The maximum absolute atomic E-state index is 12.5. The van der Waals surface area contributed by atoms with Crippen molar-refractivity contribution in [2.45, 2.75) is 56.8 Å². The van der Waals surface area contributed by atoms with Crippen LogP contribution < -0.4 is 15.4 Å². The standard InChI is InChI=1S/C23H29N3O2/c1-28-22-13-6-5-12-21(22)25-23(27)24-18-14-19-10-7-11-20(15-18)26(19)16-17-8-3-2-4-9-17/h2-6,8-9,12-13,18-20H,7,10-11,14-16H2,1H3,(H2,24,25,27). The highest BCUT2D eigenvalue weighted by Gasteiger charge is 2.38. The monoisotopic (exact) mass is 379 g/mol. The summed E-state index contributed by atoms with van der Waals surface area (Å²) in [5.74, 6) is 0.673. The van der Waals surface area contributed by atoms with Crippen LogP contribution in [0.3, 0.4) is 0 Å². The van der Waals surface area contributed by atoms with E-state index in [0.717, 1.165) is 19.4 Å². The molecule has 0 saturated carbocycles. The molecule has 0 radical (unpaired) electrons. The minimum absolute atomic E-state index is 0.149. The molecule has 2 aliphatic rings. The van der Waals surface area contributed by atoms with E-state index in [-0.39, 0.29) is 12.1 Å². The highest BCUT2D eigenvalue weighted by Crippen LogP contribution is 2.35. The number of rotatable bonds is 5. The normalized spacial score (nSPS) is 24.4. The number of carbonyl (C=O) groups excluding carboxylic acids is 1. The van der Waals surface area contributed by atoms with Gasteiger partial charge in [0.05, 0.1) is 12.8 Å². The van der Waals surface area contributed by atoms with Gasteiger partial charge in [0.25, 0.3) is 0 Å². The van der Waals surface area contributed by atoms with Crippen LogP contribution in [0.5, 0.6) is 5.75 Å². The Morgan fingerprint density at radius 2 is 1.71 bits per heavy atom. The molecule has 4 rings (SSSR count). The largest absolute Gasteiger partial charge is 0.495 e. The van der Waals surface area contributed by atoms with Gasteiger partial charge in [0, 0.05) is 24.7 Å². The van der Waals surface area contributed by atoms with Crippen molar-refractivity contribution >= 4 is 11.7 Å². The van der Waals surface area contributed by atoms with Crippen molar-refractivity contribution in [1.82, 2.24) is 10.2 Å². The first-order chi connectivity index (χ1) is 13.7. The Hall–Kier alpha value is -2.53. The fraction of sp³-hybridized carbons (Fsp3) is 0.435. The summed E-state index contributed by atoms with van der Waals surface area (Å²) >= 11 is 0. The van der Waals surface area contributed by atoms with E-state index < -0.39 is 0 Å². The highest BCUT2D eigenvalue weighted by atomic mass is 16.5. The fourth-order valence-electron chi connectivity index (χ4n) is 4.74. The predicted molar refractivity (Wildman–Crippen MR) is 112 cm³/mol. The summed E-state index contributed by atoms with van der Waals surface area (Å²) in [6.07, 6.45) is 5.76. The molecule has 0 aromatic heterocycles. The summed E-state index contributed by atoms with van der Waals surface area (Å²) in [7, 11) is 1.61. The zero-order chi connectivity index (χ0) is 19.3. The van der Waals surface area contributed by atoms with Gasteiger partial charge in [-0.05, 0) is 43.4 Å². The molecule has 28 heavy (non-hydrogen) atoms. The first-order valence-electron chi connectivity index (χ1n) is 10.2. The Labute approximate surface area is 167 Å². The maximum Gasteiger partial charge on any atom is 0.319 e. The van der Waals surface area contributed by atoms with Crippen LogP contribution in [0.1, 0.15) is 37.7 Å². The van der Waals surface area contributed by atoms with Gasteiger partial charge in [-0.1, -0.05) is 48.9 Å². The van der Waals surface area contributed by atoms with E-state index in [1.807, 2.05) is 24.3 Å². The van der Waals surface area contributed by atoms with Gasteiger partial charge in [-0.2, -0.15) is 0 Å². The number of methoxy groups -OCH3 is 1. The molecule has 2 aliphatic heterocycles. The van der Waals surface area contributed by atoms with Gasteiger partial charge in [0.15, 0.2) is 0 Å². The highest BCUT2D eigenvalue weighted by molar-refractivity contribution is 5.91. The van der Waals surface area contributed by atoms with Gasteiger partial charge in [-0.25, -0.2) is 4.79 Å². The molecule has 2 saturated heterocycles. The van der Waals surface area contributed by atoms with Crippen molar-refractivity contribution in [3.63, 3.8) is 0 Å². The first kappa shape index (κ1) is 18.8. The number of amides is 2. The number of piperidine rings is 2. The molecule has 0 spiro atoms. The summed E-state index contributed by atoms with van der Waals surface area (Å²) in [5.41, 5.74) is 2.07. The maximum atomic E-state index is 12.5. The number of hydrogen-bond acceptors (Lipinski definition) is 3. The van der Waals surface area contributed by atoms with Gasteiger partial charge in [-0.15, -0.1) is 0 Å². The third-order valence-corrected chi connectivity index (χ3v) is 6.02. The van der Waals surface area contributed by atoms with E-state index in [9.17, 15) is 4.79 Å². The van der Waals surface area contributed by atoms with E-state index in [2.05, 4.69) is 45.9 Å². The van der Waals surface area contributed by atoms with E-state index in [1.165, 1.54) is 24.8 Å². The number of ether oxygens (including phenoxy) is 1. The zero-order valence-electron chi connectivity index (χ0n) is 16.4. The van der Waals surface area contributed by atoms with Gasteiger partial charge < -0.3 is 15.4 Å². The SMILES string of the molecule is COc1ccccc1NC(=O)NC1CC2CCCC(C1)N2Cc1ccccc1. The van der Waals surface area contributed by atoms with Crippen LogP contribution in [0.15, 0.2) is 54.6 Å². The summed E-state index contributed by atoms with van der Waals surface area (Å²) < 4.78 is 5.32. The van der Waals surface area contributed by atoms with E-state index in [4.69, 9.17) is 4.74 Å². The second kappa shape index (κ2) is 8.65. The summed E-state index contributed by atoms with van der Waals surface area (Å²) in [6.45, 7) is 1.01. The smallest absolute Gasteiger partial charge is 0.319 e. The molecule has 5 nitrogen and oxygen atoms in total. The molecule has 2 heterocycles. The van der Waals surface area contributed by atoms with Crippen LogP contribution >= 0.6 is 0 Å². The minimum atomic E-state index is -0.149. The molecule has 2 fully saturated rings. The Bertz CT molecular complexity index is 781. The van der Waals surface area contributed by atoms with Gasteiger partial charge in [-0.3, -0.25) is 4.90 Å². The lowest BCUT2D eigenvalue weighted by atomic mass is 9.81. The lowest BCUT2D eigenvalue weighted by molar-refractivity contribution is 0.0200. The number of benzene rings is 2. The molecule has 2 bridgehead atoms. The van der Waals surface area contributed by atoms with Gasteiger partial charge in [0.1, 0.15) is 5.75 Å².